The van der Waals surface area contributed by atoms with Crippen LogP contribution in [0.3, 0.4) is 0 Å². The fraction of sp³-hybridized carbons (Fsp3) is 0.714. The number of rotatable bonds is 6. The normalized spacial score (nSPS) is 14.5. The molecule has 0 radical (unpaired) electrons. The lowest BCUT2D eigenvalue weighted by atomic mass is 9.96. The summed E-state index contributed by atoms with van der Waals surface area (Å²) in [5, 5.41) is 17.0. The summed E-state index contributed by atoms with van der Waals surface area (Å²) >= 11 is 0. The van der Waals surface area contributed by atoms with Gasteiger partial charge >= 0.3 is 0 Å². The number of aryl methyl sites for hydroxylation is 3. The van der Waals surface area contributed by atoms with Gasteiger partial charge in [0.25, 0.3) is 0 Å². The quantitative estimate of drug-likeness (QED) is 0.841. The van der Waals surface area contributed by atoms with Gasteiger partial charge in [-0.05, 0) is 53.5 Å². The maximum absolute atomic E-state index is 9.26. The molecule has 1 unspecified atom stereocenters. The number of nitrogens with one attached hydrogen (secondary N) is 1. The fourth-order valence-electron chi connectivity index (χ4n) is 2.28. The molecule has 18 heavy (non-hydrogen) atoms. The maximum atomic E-state index is 9.26. The van der Waals surface area contributed by atoms with E-state index in [9.17, 15) is 5.26 Å². The van der Waals surface area contributed by atoms with Gasteiger partial charge in [-0.2, -0.15) is 10.4 Å². The lowest BCUT2D eigenvalue weighted by Gasteiger charge is -2.25. The molecule has 0 aliphatic carbocycles. The topological polar surface area (TPSA) is 53.6 Å². The zero-order chi connectivity index (χ0) is 13.8. The molecule has 1 heterocycles. The van der Waals surface area contributed by atoms with E-state index in [1.807, 2.05) is 18.5 Å². The average Bonchev–Trinajstić information content (AvgIpc) is 2.56. The summed E-state index contributed by atoms with van der Waals surface area (Å²) in [6, 6.07) is 4.78. The van der Waals surface area contributed by atoms with Crippen LogP contribution in [0.4, 0.5) is 0 Å². The first-order chi connectivity index (χ1) is 8.36. The van der Waals surface area contributed by atoms with Crippen LogP contribution in [-0.2, 0) is 6.54 Å². The van der Waals surface area contributed by atoms with Gasteiger partial charge in [0.15, 0.2) is 0 Å². The summed E-state index contributed by atoms with van der Waals surface area (Å²) in [5.74, 6) is 0. The maximum Gasteiger partial charge on any atom is 0.104 e. The smallest absolute Gasteiger partial charge is 0.104 e. The number of hydrogen-bond acceptors (Lipinski definition) is 3. The molecule has 0 fully saturated rings. The van der Waals surface area contributed by atoms with Crippen molar-refractivity contribution in [2.24, 2.45) is 0 Å². The number of aromatic nitrogens is 2. The summed E-state index contributed by atoms with van der Waals surface area (Å²) < 4.78 is 2.02. The molecule has 0 amide bonds. The van der Waals surface area contributed by atoms with E-state index in [0.29, 0.717) is 6.04 Å². The third-order valence-electron chi connectivity index (χ3n) is 3.00. The van der Waals surface area contributed by atoms with Crippen LogP contribution in [0.25, 0.3) is 0 Å². The first-order valence-corrected chi connectivity index (χ1v) is 6.56. The van der Waals surface area contributed by atoms with Crippen LogP contribution in [-0.4, -0.2) is 21.4 Å². The number of hydrogen-bond donors (Lipinski definition) is 1. The Kier molecular flexibility index (Phi) is 4.92. The summed E-state index contributed by atoms with van der Waals surface area (Å²) in [4.78, 5) is 0. The van der Waals surface area contributed by atoms with Gasteiger partial charge in [-0.15, -0.1) is 0 Å². The molecule has 1 aromatic heterocycles. The lowest BCUT2D eigenvalue weighted by molar-refractivity contribution is 0.360. The van der Waals surface area contributed by atoms with Crippen LogP contribution in [0.5, 0.6) is 0 Å². The summed E-state index contributed by atoms with van der Waals surface area (Å²) in [6.07, 6.45) is 1.78. The van der Waals surface area contributed by atoms with Crippen LogP contribution in [0.2, 0.25) is 0 Å². The summed E-state index contributed by atoms with van der Waals surface area (Å²) in [5.41, 5.74) is 1.79. The Morgan fingerprint density at radius 3 is 2.61 bits per heavy atom. The van der Waals surface area contributed by atoms with Gasteiger partial charge in [0.1, 0.15) is 5.54 Å². The van der Waals surface area contributed by atoms with Crippen LogP contribution >= 0.6 is 0 Å². The standard InChI is InChI=1S/C14H24N4/c1-11(2)16-14(5,10-15)7-6-8-18-13(4)9-12(3)17-18/h9,11,16H,6-8H2,1-5H3. The zero-order valence-corrected chi connectivity index (χ0v) is 12.1. The molecule has 1 N–H and O–H groups in total. The third-order valence-corrected chi connectivity index (χ3v) is 3.00. The predicted octanol–water partition coefficient (Wildman–Crippen LogP) is 2.56. The Morgan fingerprint density at radius 1 is 1.50 bits per heavy atom. The van der Waals surface area contributed by atoms with E-state index in [4.69, 9.17) is 0 Å². The van der Waals surface area contributed by atoms with E-state index in [1.165, 1.54) is 5.69 Å². The molecule has 0 aromatic carbocycles. The van der Waals surface area contributed by atoms with Gasteiger partial charge in [0.2, 0.25) is 0 Å². The third kappa shape index (κ3) is 4.15. The van der Waals surface area contributed by atoms with Crippen LogP contribution < -0.4 is 5.32 Å². The molecule has 0 bridgehead atoms. The molecule has 0 aliphatic heterocycles. The van der Waals surface area contributed by atoms with E-state index in [2.05, 4.69) is 43.3 Å². The van der Waals surface area contributed by atoms with Crippen molar-refractivity contribution in [3.63, 3.8) is 0 Å². The van der Waals surface area contributed by atoms with Gasteiger partial charge in [-0.3, -0.25) is 10.00 Å². The van der Waals surface area contributed by atoms with E-state index in [1.54, 1.807) is 0 Å². The highest BCUT2D eigenvalue weighted by Crippen LogP contribution is 2.14. The molecule has 1 aromatic rings. The monoisotopic (exact) mass is 248 g/mol. The minimum atomic E-state index is -0.440. The Morgan fingerprint density at radius 2 is 2.17 bits per heavy atom. The van der Waals surface area contributed by atoms with Crippen molar-refractivity contribution in [3.05, 3.63) is 17.5 Å². The van der Waals surface area contributed by atoms with E-state index in [0.717, 1.165) is 25.1 Å². The van der Waals surface area contributed by atoms with Crippen LogP contribution in [0.1, 0.15) is 45.0 Å². The first kappa shape index (κ1) is 14.7. The molecule has 4 heteroatoms. The lowest BCUT2D eigenvalue weighted by Crippen LogP contribution is -2.45. The van der Waals surface area contributed by atoms with Gasteiger partial charge in [0.05, 0.1) is 11.8 Å². The van der Waals surface area contributed by atoms with E-state index < -0.39 is 5.54 Å². The highest BCUT2D eigenvalue weighted by Gasteiger charge is 2.23. The van der Waals surface area contributed by atoms with Crippen molar-refractivity contribution < 1.29 is 0 Å². The molecule has 1 atom stereocenters. The SMILES string of the molecule is Cc1cc(C)n(CCCC(C)(C#N)NC(C)C)n1. The van der Waals surface area contributed by atoms with Gasteiger partial charge in [0, 0.05) is 18.3 Å². The molecular weight excluding hydrogens is 224 g/mol. The molecule has 1 rings (SSSR count). The largest absolute Gasteiger partial charge is 0.297 e. The minimum absolute atomic E-state index is 0.323. The average molecular weight is 248 g/mol. The molecule has 100 valence electrons. The second-order valence-electron chi connectivity index (χ2n) is 5.50. The van der Waals surface area contributed by atoms with Crippen LogP contribution in [0.15, 0.2) is 6.07 Å². The fourth-order valence-corrected chi connectivity index (χ4v) is 2.28. The van der Waals surface area contributed by atoms with Crippen molar-refractivity contribution in [1.29, 1.82) is 5.26 Å². The summed E-state index contributed by atoms with van der Waals surface area (Å²) in [7, 11) is 0. The molecule has 0 spiro atoms. The highest BCUT2D eigenvalue weighted by molar-refractivity contribution is 5.07. The Bertz CT molecular complexity index is 427. The van der Waals surface area contributed by atoms with E-state index >= 15 is 0 Å². The summed E-state index contributed by atoms with van der Waals surface area (Å²) in [6.45, 7) is 11.0. The van der Waals surface area contributed by atoms with Gasteiger partial charge < -0.3 is 0 Å². The molecule has 4 nitrogen and oxygen atoms in total. The van der Waals surface area contributed by atoms with E-state index in [-0.39, 0.29) is 0 Å². The Hall–Kier alpha value is -1.34. The zero-order valence-electron chi connectivity index (χ0n) is 12.1. The predicted molar refractivity (Wildman–Crippen MR) is 73.2 cm³/mol. The number of nitrogens with zero attached hydrogens (tertiary/aromatic N) is 3. The second-order valence-corrected chi connectivity index (χ2v) is 5.50. The molecule has 0 aliphatic rings. The highest BCUT2D eigenvalue weighted by atomic mass is 15.3. The second kappa shape index (κ2) is 6.01. The van der Waals surface area contributed by atoms with Gasteiger partial charge in [-0.25, -0.2) is 0 Å². The van der Waals surface area contributed by atoms with Crippen molar-refractivity contribution in [2.75, 3.05) is 0 Å². The van der Waals surface area contributed by atoms with Crippen molar-refractivity contribution in [2.45, 2.75) is 65.6 Å². The Balaban J connectivity index is 2.50. The van der Waals surface area contributed by atoms with Crippen molar-refractivity contribution in [1.82, 2.24) is 15.1 Å². The Labute approximate surface area is 110 Å². The van der Waals surface area contributed by atoms with Crippen molar-refractivity contribution >= 4 is 0 Å². The first-order valence-electron chi connectivity index (χ1n) is 6.56. The van der Waals surface area contributed by atoms with Gasteiger partial charge in [-0.1, -0.05) is 0 Å². The number of nitriles is 1. The molecule has 0 saturated heterocycles. The minimum Gasteiger partial charge on any atom is -0.297 e. The molecular formula is C14H24N4. The van der Waals surface area contributed by atoms with Crippen molar-refractivity contribution in [3.8, 4) is 6.07 Å². The van der Waals surface area contributed by atoms with Crippen LogP contribution in [0, 0.1) is 25.2 Å². The molecule has 0 saturated carbocycles.